The van der Waals surface area contributed by atoms with Gasteiger partial charge in [-0.25, -0.2) is 0 Å². The van der Waals surface area contributed by atoms with Crippen molar-refractivity contribution in [3.05, 3.63) is 95.0 Å². The molecule has 0 aliphatic heterocycles. The van der Waals surface area contributed by atoms with Crippen LogP contribution in [0.1, 0.15) is 15.9 Å². The van der Waals surface area contributed by atoms with Gasteiger partial charge in [-0.15, -0.1) is 23.5 Å². The molecule has 0 radical (unpaired) electrons. The molecule has 0 aliphatic carbocycles. The second-order valence-corrected chi connectivity index (χ2v) is 8.51. The zero-order valence-corrected chi connectivity index (χ0v) is 17.1. The number of amides is 1. The molecular formula is C22H20ClNOS2. The predicted molar refractivity (Wildman–Crippen MR) is 117 cm³/mol. The van der Waals surface area contributed by atoms with Crippen LogP contribution in [-0.2, 0) is 5.75 Å². The van der Waals surface area contributed by atoms with E-state index in [1.54, 1.807) is 23.5 Å². The number of rotatable bonds is 8. The van der Waals surface area contributed by atoms with E-state index in [0.717, 1.165) is 21.4 Å². The zero-order chi connectivity index (χ0) is 18.9. The maximum atomic E-state index is 12.2. The summed E-state index contributed by atoms with van der Waals surface area (Å²) in [6.07, 6.45) is 0. The minimum atomic E-state index is -0.0334. The highest BCUT2D eigenvalue weighted by molar-refractivity contribution is 7.99. The molecule has 3 rings (SSSR count). The number of thioether (sulfide) groups is 2. The van der Waals surface area contributed by atoms with Crippen LogP contribution in [0.5, 0.6) is 0 Å². The summed E-state index contributed by atoms with van der Waals surface area (Å²) >= 11 is 9.37. The summed E-state index contributed by atoms with van der Waals surface area (Å²) in [6, 6.07) is 25.9. The van der Waals surface area contributed by atoms with E-state index in [1.807, 2.05) is 66.7 Å². The van der Waals surface area contributed by atoms with Crippen molar-refractivity contribution in [2.45, 2.75) is 15.5 Å². The predicted octanol–water partition coefficient (Wildman–Crippen LogP) is 6.15. The van der Waals surface area contributed by atoms with Gasteiger partial charge in [0.25, 0.3) is 5.91 Å². The fraction of sp³-hybridized carbons (Fsp3) is 0.136. The third-order valence-corrected chi connectivity index (χ3v) is 6.18. The fourth-order valence-corrected chi connectivity index (χ4v) is 4.17. The Morgan fingerprint density at radius 1 is 0.815 bits per heavy atom. The number of carbonyl (C=O) groups excluding carboxylic acids is 1. The van der Waals surface area contributed by atoms with Gasteiger partial charge in [0.1, 0.15) is 0 Å². The maximum absolute atomic E-state index is 12.2. The number of hydrogen-bond donors (Lipinski definition) is 1. The Morgan fingerprint density at radius 3 is 2.19 bits per heavy atom. The first kappa shape index (κ1) is 19.9. The molecule has 5 heteroatoms. The van der Waals surface area contributed by atoms with Crippen LogP contribution in [0.2, 0.25) is 5.02 Å². The lowest BCUT2D eigenvalue weighted by Gasteiger charge is -2.07. The molecule has 1 N–H and O–H groups in total. The molecule has 0 saturated carbocycles. The van der Waals surface area contributed by atoms with Gasteiger partial charge < -0.3 is 5.32 Å². The molecule has 0 aromatic heterocycles. The molecule has 0 spiro atoms. The van der Waals surface area contributed by atoms with Gasteiger partial charge in [0.15, 0.2) is 0 Å². The van der Waals surface area contributed by atoms with Gasteiger partial charge in [-0.3, -0.25) is 4.79 Å². The zero-order valence-electron chi connectivity index (χ0n) is 14.7. The molecule has 0 saturated heterocycles. The van der Waals surface area contributed by atoms with Gasteiger partial charge in [-0.1, -0.05) is 41.9 Å². The number of benzene rings is 3. The summed E-state index contributed by atoms with van der Waals surface area (Å²) < 4.78 is 0. The number of halogens is 1. The molecule has 27 heavy (non-hydrogen) atoms. The lowest BCUT2D eigenvalue weighted by molar-refractivity contribution is 0.0956. The van der Waals surface area contributed by atoms with Crippen molar-refractivity contribution in [2.24, 2.45) is 0 Å². The van der Waals surface area contributed by atoms with Gasteiger partial charge in [-0.2, -0.15) is 0 Å². The summed E-state index contributed by atoms with van der Waals surface area (Å²) in [7, 11) is 0. The minimum Gasteiger partial charge on any atom is -0.351 e. The average Bonchev–Trinajstić information content (AvgIpc) is 2.72. The fourth-order valence-electron chi connectivity index (χ4n) is 2.40. The number of nitrogens with one attached hydrogen (secondary N) is 1. The monoisotopic (exact) mass is 413 g/mol. The Kier molecular flexibility index (Phi) is 7.69. The van der Waals surface area contributed by atoms with E-state index in [-0.39, 0.29) is 5.91 Å². The molecule has 0 fully saturated rings. The van der Waals surface area contributed by atoms with Crippen LogP contribution in [0.15, 0.2) is 88.7 Å². The largest absolute Gasteiger partial charge is 0.351 e. The second-order valence-electron chi connectivity index (χ2n) is 5.86. The summed E-state index contributed by atoms with van der Waals surface area (Å²) in [5, 5.41) is 3.70. The van der Waals surface area contributed by atoms with Crippen LogP contribution in [-0.4, -0.2) is 18.2 Å². The quantitative estimate of drug-likeness (QED) is 0.354. The third-order valence-electron chi connectivity index (χ3n) is 3.83. The lowest BCUT2D eigenvalue weighted by atomic mass is 10.1. The molecule has 3 aromatic rings. The molecule has 1 amide bonds. The summed E-state index contributed by atoms with van der Waals surface area (Å²) in [5.74, 6) is 1.68. The van der Waals surface area contributed by atoms with E-state index >= 15 is 0 Å². The van der Waals surface area contributed by atoms with Crippen LogP contribution < -0.4 is 5.32 Å². The van der Waals surface area contributed by atoms with Crippen LogP contribution in [0.25, 0.3) is 0 Å². The molecule has 0 unspecified atom stereocenters. The van der Waals surface area contributed by atoms with Crippen molar-refractivity contribution < 1.29 is 4.79 Å². The van der Waals surface area contributed by atoms with E-state index in [1.165, 1.54) is 10.5 Å². The SMILES string of the molecule is O=C(NCCSc1ccc(Cl)cc1)c1ccc(CSc2ccccc2)cc1. The highest BCUT2D eigenvalue weighted by atomic mass is 35.5. The Labute approximate surface area is 173 Å². The molecule has 0 atom stereocenters. The Hall–Kier alpha value is -1.88. The lowest BCUT2D eigenvalue weighted by Crippen LogP contribution is -2.25. The van der Waals surface area contributed by atoms with Gasteiger partial charge in [0.2, 0.25) is 0 Å². The van der Waals surface area contributed by atoms with Crippen molar-refractivity contribution in [1.82, 2.24) is 5.32 Å². The van der Waals surface area contributed by atoms with Crippen molar-refractivity contribution in [2.75, 3.05) is 12.3 Å². The van der Waals surface area contributed by atoms with Gasteiger partial charge in [0, 0.05) is 38.4 Å². The highest BCUT2D eigenvalue weighted by Gasteiger charge is 2.05. The van der Waals surface area contributed by atoms with Crippen molar-refractivity contribution in [3.8, 4) is 0 Å². The first-order valence-electron chi connectivity index (χ1n) is 8.64. The van der Waals surface area contributed by atoms with Crippen LogP contribution in [0, 0.1) is 0 Å². The van der Waals surface area contributed by atoms with Gasteiger partial charge >= 0.3 is 0 Å². The summed E-state index contributed by atoms with van der Waals surface area (Å²) in [4.78, 5) is 14.6. The van der Waals surface area contributed by atoms with Gasteiger partial charge in [0.05, 0.1) is 0 Å². The van der Waals surface area contributed by atoms with Crippen molar-refractivity contribution in [1.29, 1.82) is 0 Å². The number of hydrogen-bond acceptors (Lipinski definition) is 3. The number of carbonyl (C=O) groups is 1. The third kappa shape index (κ3) is 6.65. The summed E-state index contributed by atoms with van der Waals surface area (Å²) in [6.45, 7) is 0.623. The topological polar surface area (TPSA) is 29.1 Å². The molecule has 2 nitrogen and oxygen atoms in total. The molecular weight excluding hydrogens is 394 g/mol. The molecule has 0 heterocycles. The van der Waals surface area contributed by atoms with E-state index in [2.05, 4.69) is 17.4 Å². The molecule has 0 aliphatic rings. The van der Waals surface area contributed by atoms with E-state index in [9.17, 15) is 4.79 Å². The molecule has 0 bridgehead atoms. The van der Waals surface area contributed by atoms with Crippen molar-refractivity contribution >= 4 is 41.0 Å². The van der Waals surface area contributed by atoms with E-state index in [4.69, 9.17) is 11.6 Å². The van der Waals surface area contributed by atoms with Crippen LogP contribution in [0.3, 0.4) is 0 Å². The van der Waals surface area contributed by atoms with E-state index < -0.39 is 0 Å². The Morgan fingerprint density at radius 2 is 1.48 bits per heavy atom. The van der Waals surface area contributed by atoms with Crippen LogP contribution >= 0.6 is 35.1 Å². The minimum absolute atomic E-state index is 0.0334. The average molecular weight is 414 g/mol. The standard InChI is InChI=1S/C22H20ClNOS2/c23-19-10-12-21(13-11-19)26-15-14-24-22(25)18-8-6-17(7-9-18)16-27-20-4-2-1-3-5-20/h1-13H,14-16H2,(H,24,25). The van der Waals surface area contributed by atoms with Gasteiger partial charge in [-0.05, 0) is 54.1 Å². The summed E-state index contributed by atoms with van der Waals surface area (Å²) in [5.41, 5.74) is 1.90. The van der Waals surface area contributed by atoms with Crippen molar-refractivity contribution in [3.63, 3.8) is 0 Å². The highest BCUT2D eigenvalue weighted by Crippen LogP contribution is 2.22. The smallest absolute Gasteiger partial charge is 0.251 e. The normalized spacial score (nSPS) is 10.6. The first-order chi connectivity index (χ1) is 13.2. The molecule has 3 aromatic carbocycles. The van der Waals surface area contributed by atoms with E-state index in [0.29, 0.717) is 12.1 Å². The Balaban J connectivity index is 1.41. The molecule has 138 valence electrons. The maximum Gasteiger partial charge on any atom is 0.251 e. The first-order valence-corrected chi connectivity index (χ1v) is 11.0. The Bertz CT molecular complexity index is 852. The second kappa shape index (κ2) is 10.5. The van der Waals surface area contributed by atoms with Crippen LogP contribution in [0.4, 0.5) is 0 Å².